The highest BCUT2D eigenvalue weighted by Gasteiger charge is 2.39. The lowest BCUT2D eigenvalue weighted by atomic mass is 9.83. The summed E-state index contributed by atoms with van der Waals surface area (Å²) in [7, 11) is 0. The van der Waals surface area contributed by atoms with Crippen molar-refractivity contribution < 1.29 is 13.6 Å². The minimum atomic E-state index is -2.67. The number of hydrogen-bond donors (Lipinski definition) is 0. The van der Waals surface area contributed by atoms with Gasteiger partial charge in [0.2, 0.25) is 5.92 Å². The van der Waals surface area contributed by atoms with E-state index >= 15 is 0 Å². The maximum atomic E-state index is 13.3. The zero-order chi connectivity index (χ0) is 13.2. The number of aromatic nitrogens is 2. The molecule has 100 valence electrons. The zero-order valence-electron chi connectivity index (χ0n) is 10.5. The Kier molecular flexibility index (Phi) is 3.78. The first kappa shape index (κ1) is 13.2. The molecule has 1 saturated carbocycles. The van der Waals surface area contributed by atoms with Crippen LogP contribution in [-0.4, -0.2) is 21.3 Å². The lowest BCUT2D eigenvalue weighted by molar-refractivity contribution is -0.129. The van der Waals surface area contributed by atoms with Crippen LogP contribution < -0.4 is 0 Å². The summed E-state index contributed by atoms with van der Waals surface area (Å²) in [5.41, 5.74) is 0. The lowest BCUT2D eigenvalue weighted by Crippen LogP contribution is -2.31. The number of alkyl halides is 2. The molecule has 0 radical (unpaired) electrons. The number of imidazole rings is 1. The van der Waals surface area contributed by atoms with Gasteiger partial charge in [-0.15, -0.1) is 0 Å². The van der Waals surface area contributed by atoms with Crippen LogP contribution >= 0.6 is 0 Å². The summed E-state index contributed by atoms with van der Waals surface area (Å²) in [4.78, 5) is 16.1. The van der Waals surface area contributed by atoms with Crippen LogP contribution in [0.5, 0.6) is 0 Å². The maximum Gasteiger partial charge on any atom is 0.248 e. The summed E-state index contributed by atoms with van der Waals surface area (Å²) in [6.07, 6.45) is 4.26. The number of carbonyl (C=O) groups is 1. The van der Waals surface area contributed by atoms with E-state index in [0.29, 0.717) is 18.7 Å². The molecule has 0 spiro atoms. The second kappa shape index (κ2) is 5.16. The minimum Gasteiger partial charge on any atom is -0.335 e. The number of nitrogens with zero attached hydrogens (tertiary/aromatic N) is 2. The molecule has 0 aromatic carbocycles. The number of aryl methyl sites for hydroxylation is 1. The van der Waals surface area contributed by atoms with E-state index in [-0.39, 0.29) is 25.0 Å². The maximum absolute atomic E-state index is 13.3. The predicted octanol–water partition coefficient (Wildman–Crippen LogP) is 2.84. The van der Waals surface area contributed by atoms with Gasteiger partial charge in [0.05, 0.1) is 6.42 Å². The van der Waals surface area contributed by atoms with Crippen molar-refractivity contribution in [3.8, 4) is 0 Å². The molecule has 1 atom stereocenters. The number of carbonyl (C=O) groups excluding carboxylic acids is 1. The van der Waals surface area contributed by atoms with Crippen molar-refractivity contribution in [1.82, 2.24) is 9.55 Å². The lowest BCUT2D eigenvalue weighted by Gasteiger charge is -2.27. The average molecular weight is 256 g/mol. The standard InChI is InChI=1S/C13H18F2N2O/c1-2-17-7-6-16-12(17)8-11(18)10-4-3-5-13(14,15)9-10/h6-7,10H,2-5,8-9H2,1H3. The van der Waals surface area contributed by atoms with Crippen molar-refractivity contribution in [1.29, 1.82) is 0 Å². The Morgan fingerprint density at radius 3 is 3.06 bits per heavy atom. The molecule has 0 bridgehead atoms. The van der Waals surface area contributed by atoms with Gasteiger partial charge in [-0.2, -0.15) is 0 Å². The van der Waals surface area contributed by atoms with Gasteiger partial charge in [-0.1, -0.05) is 0 Å². The van der Waals surface area contributed by atoms with E-state index in [4.69, 9.17) is 0 Å². The number of ketones is 1. The molecule has 3 nitrogen and oxygen atoms in total. The van der Waals surface area contributed by atoms with Gasteiger partial charge in [-0.3, -0.25) is 4.79 Å². The highest BCUT2D eigenvalue weighted by molar-refractivity contribution is 5.82. The summed E-state index contributed by atoms with van der Waals surface area (Å²) in [6.45, 7) is 2.70. The van der Waals surface area contributed by atoms with E-state index in [9.17, 15) is 13.6 Å². The molecule has 1 aromatic rings. The fourth-order valence-corrected chi connectivity index (χ4v) is 2.54. The molecule has 1 aromatic heterocycles. The van der Waals surface area contributed by atoms with Crippen molar-refractivity contribution in [2.75, 3.05) is 0 Å². The average Bonchev–Trinajstić information content (AvgIpc) is 2.75. The molecular weight excluding hydrogens is 238 g/mol. The summed E-state index contributed by atoms with van der Waals surface area (Å²) >= 11 is 0. The first-order valence-corrected chi connectivity index (χ1v) is 6.42. The molecule has 1 aliphatic carbocycles. The number of Topliss-reactive ketones (excluding diaryl/α,β-unsaturated/α-hetero) is 1. The van der Waals surface area contributed by atoms with E-state index in [0.717, 1.165) is 6.54 Å². The van der Waals surface area contributed by atoms with Gasteiger partial charge in [0.25, 0.3) is 0 Å². The van der Waals surface area contributed by atoms with E-state index in [2.05, 4.69) is 4.98 Å². The Morgan fingerprint density at radius 2 is 2.39 bits per heavy atom. The molecule has 0 amide bonds. The number of hydrogen-bond acceptors (Lipinski definition) is 2. The zero-order valence-corrected chi connectivity index (χ0v) is 10.5. The van der Waals surface area contributed by atoms with E-state index < -0.39 is 11.8 Å². The van der Waals surface area contributed by atoms with E-state index in [1.54, 1.807) is 12.4 Å². The largest absolute Gasteiger partial charge is 0.335 e. The number of rotatable bonds is 4. The van der Waals surface area contributed by atoms with Crippen molar-refractivity contribution >= 4 is 5.78 Å². The highest BCUT2D eigenvalue weighted by atomic mass is 19.3. The van der Waals surface area contributed by atoms with Gasteiger partial charge in [0, 0.05) is 37.7 Å². The van der Waals surface area contributed by atoms with Crippen LogP contribution in [-0.2, 0) is 17.8 Å². The fraction of sp³-hybridized carbons (Fsp3) is 0.692. The molecule has 1 fully saturated rings. The van der Waals surface area contributed by atoms with Crippen molar-refractivity contribution in [3.63, 3.8) is 0 Å². The SMILES string of the molecule is CCn1ccnc1CC(=O)C1CCCC(F)(F)C1. The second-order valence-corrected chi connectivity index (χ2v) is 4.92. The van der Waals surface area contributed by atoms with Crippen LogP contribution in [0.25, 0.3) is 0 Å². The van der Waals surface area contributed by atoms with Crippen LogP contribution in [0.4, 0.5) is 8.78 Å². The van der Waals surface area contributed by atoms with Crippen LogP contribution in [0.2, 0.25) is 0 Å². The fourth-order valence-electron chi connectivity index (χ4n) is 2.54. The Balaban J connectivity index is 2.00. The monoisotopic (exact) mass is 256 g/mol. The van der Waals surface area contributed by atoms with Crippen LogP contribution in [0.15, 0.2) is 12.4 Å². The normalized spacial score (nSPS) is 22.9. The third-order valence-electron chi connectivity index (χ3n) is 3.57. The Hall–Kier alpha value is -1.26. The third kappa shape index (κ3) is 2.94. The molecule has 18 heavy (non-hydrogen) atoms. The molecule has 2 rings (SSSR count). The van der Waals surface area contributed by atoms with Crippen molar-refractivity contribution in [2.24, 2.45) is 5.92 Å². The Labute approximate surface area is 105 Å². The van der Waals surface area contributed by atoms with Crippen LogP contribution in [0.1, 0.15) is 38.4 Å². The van der Waals surface area contributed by atoms with Gasteiger partial charge < -0.3 is 4.57 Å². The van der Waals surface area contributed by atoms with Crippen molar-refractivity contribution in [3.05, 3.63) is 18.2 Å². The van der Waals surface area contributed by atoms with Gasteiger partial charge in [0.15, 0.2) is 0 Å². The third-order valence-corrected chi connectivity index (χ3v) is 3.57. The van der Waals surface area contributed by atoms with E-state index in [1.165, 1.54) is 0 Å². The van der Waals surface area contributed by atoms with Crippen molar-refractivity contribution in [2.45, 2.75) is 51.5 Å². The second-order valence-electron chi connectivity index (χ2n) is 4.92. The van der Waals surface area contributed by atoms with Crippen LogP contribution in [0.3, 0.4) is 0 Å². The summed E-state index contributed by atoms with van der Waals surface area (Å²) in [5, 5.41) is 0. The molecule has 0 N–H and O–H groups in total. The smallest absolute Gasteiger partial charge is 0.248 e. The Bertz CT molecular complexity index is 428. The molecule has 0 saturated heterocycles. The first-order valence-electron chi connectivity index (χ1n) is 6.42. The number of halogens is 2. The summed E-state index contributed by atoms with van der Waals surface area (Å²) in [6, 6.07) is 0. The molecule has 1 aliphatic rings. The van der Waals surface area contributed by atoms with E-state index in [1.807, 2.05) is 11.5 Å². The molecule has 5 heteroatoms. The minimum absolute atomic E-state index is 0.0830. The van der Waals surface area contributed by atoms with Gasteiger partial charge in [-0.05, 0) is 19.8 Å². The van der Waals surface area contributed by atoms with Gasteiger partial charge in [-0.25, -0.2) is 13.8 Å². The van der Waals surface area contributed by atoms with Gasteiger partial charge >= 0.3 is 0 Å². The quantitative estimate of drug-likeness (QED) is 0.830. The van der Waals surface area contributed by atoms with Crippen LogP contribution in [0, 0.1) is 5.92 Å². The molecule has 0 aliphatic heterocycles. The molecule has 1 unspecified atom stereocenters. The molecular formula is C13H18F2N2O. The Morgan fingerprint density at radius 1 is 1.61 bits per heavy atom. The predicted molar refractivity (Wildman–Crippen MR) is 63.5 cm³/mol. The summed E-state index contributed by atoms with van der Waals surface area (Å²) in [5.74, 6) is -2.60. The summed E-state index contributed by atoms with van der Waals surface area (Å²) < 4.78 is 28.4. The topological polar surface area (TPSA) is 34.9 Å². The first-order chi connectivity index (χ1) is 8.52. The highest BCUT2D eigenvalue weighted by Crippen LogP contribution is 2.37. The van der Waals surface area contributed by atoms with Gasteiger partial charge in [0.1, 0.15) is 11.6 Å². The molecule has 1 heterocycles.